The molecule has 2 heterocycles. The van der Waals surface area contributed by atoms with Crippen LogP contribution in [0.1, 0.15) is 17.0 Å². The van der Waals surface area contributed by atoms with Crippen molar-refractivity contribution in [3.63, 3.8) is 0 Å². The molecule has 0 amide bonds. The number of sulfonamides is 1. The summed E-state index contributed by atoms with van der Waals surface area (Å²) in [6, 6.07) is 7.34. The maximum atomic E-state index is 12.5. The van der Waals surface area contributed by atoms with Gasteiger partial charge in [-0.2, -0.15) is 4.31 Å². The molecular formula is C13H17N5O2S. The SMILES string of the molecule is NCc1ccc(CS(=O)(=O)N2CCn3cnnc3C2)cc1. The molecule has 0 aliphatic carbocycles. The summed E-state index contributed by atoms with van der Waals surface area (Å²) in [5.74, 6) is 0.676. The van der Waals surface area contributed by atoms with Crippen LogP contribution in [0.2, 0.25) is 0 Å². The van der Waals surface area contributed by atoms with Crippen LogP contribution in [0.4, 0.5) is 0 Å². The summed E-state index contributed by atoms with van der Waals surface area (Å²) in [7, 11) is -3.36. The van der Waals surface area contributed by atoms with Crippen LogP contribution in [0.5, 0.6) is 0 Å². The Balaban J connectivity index is 1.75. The highest BCUT2D eigenvalue weighted by Gasteiger charge is 2.27. The van der Waals surface area contributed by atoms with E-state index < -0.39 is 10.0 Å². The van der Waals surface area contributed by atoms with Crippen LogP contribution in [0, 0.1) is 0 Å². The summed E-state index contributed by atoms with van der Waals surface area (Å²) in [5.41, 5.74) is 7.29. The number of hydrogen-bond acceptors (Lipinski definition) is 5. The van der Waals surface area contributed by atoms with Gasteiger partial charge in [-0.1, -0.05) is 24.3 Å². The quantitative estimate of drug-likeness (QED) is 0.863. The van der Waals surface area contributed by atoms with E-state index in [-0.39, 0.29) is 12.3 Å². The molecular weight excluding hydrogens is 290 g/mol. The van der Waals surface area contributed by atoms with Gasteiger partial charge in [0.05, 0.1) is 12.3 Å². The van der Waals surface area contributed by atoms with Crippen LogP contribution in [-0.4, -0.2) is 34.0 Å². The van der Waals surface area contributed by atoms with Crippen molar-refractivity contribution in [3.05, 3.63) is 47.5 Å². The highest BCUT2D eigenvalue weighted by Crippen LogP contribution is 2.17. The van der Waals surface area contributed by atoms with Gasteiger partial charge < -0.3 is 10.3 Å². The Bertz CT molecular complexity index is 723. The van der Waals surface area contributed by atoms with E-state index in [0.717, 1.165) is 11.1 Å². The minimum atomic E-state index is -3.36. The van der Waals surface area contributed by atoms with Crippen LogP contribution in [-0.2, 0) is 35.4 Å². The highest BCUT2D eigenvalue weighted by molar-refractivity contribution is 7.88. The number of hydrogen-bond donors (Lipinski definition) is 1. The second-order valence-corrected chi connectivity index (χ2v) is 7.02. The lowest BCUT2D eigenvalue weighted by Gasteiger charge is -2.26. The molecule has 112 valence electrons. The van der Waals surface area contributed by atoms with Gasteiger partial charge in [0.2, 0.25) is 10.0 Å². The third-order valence-electron chi connectivity index (χ3n) is 3.60. The summed E-state index contributed by atoms with van der Waals surface area (Å²) in [6.07, 6.45) is 1.63. The summed E-state index contributed by atoms with van der Waals surface area (Å²) in [4.78, 5) is 0. The Kier molecular flexibility index (Phi) is 3.75. The van der Waals surface area contributed by atoms with Crippen molar-refractivity contribution in [2.45, 2.75) is 25.4 Å². The number of nitrogens with zero attached hydrogens (tertiary/aromatic N) is 4. The van der Waals surface area contributed by atoms with Gasteiger partial charge in [0.1, 0.15) is 12.2 Å². The Hall–Kier alpha value is -1.77. The third-order valence-corrected chi connectivity index (χ3v) is 5.40. The van der Waals surface area contributed by atoms with Crippen LogP contribution in [0.15, 0.2) is 30.6 Å². The first kappa shape index (κ1) is 14.2. The summed E-state index contributed by atoms with van der Waals surface area (Å²) in [6.45, 7) is 1.78. The summed E-state index contributed by atoms with van der Waals surface area (Å²) >= 11 is 0. The van der Waals surface area contributed by atoms with E-state index in [0.29, 0.717) is 25.5 Å². The van der Waals surface area contributed by atoms with Crippen molar-refractivity contribution in [1.29, 1.82) is 0 Å². The van der Waals surface area contributed by atoms with Gasteiger partial charge in [0.25, 0.3) is 0 Å². The second kappa shape index (κ2) is 5.55. The molecule has 21 heavy (non-hydrogen) atoms. The first-order valence-electron chi connectivity index (χ1n) is 6.71. The molecule has 0 unspecified atom stereocenters. The third kappa shape index (κ3) is 2.97. The van der Waals surface area contributed by atoms with Crippen molar-refractivity contribution in [2.24, 2.45) is 5.73 Å². The van der Waals surface area contributed by atoms with E-state index in [1.165, 1.54) is 4.31 Å². The predicted octanol–water partition coefficient (Wildman–Crippen LogP) is 0.0824. The van der Waals surface area contributed by atoms with Crippen LogP contribution in [0.3, 0.4) is 0 Å². The van der Waals surface area contributed by atoms with Gasteiger partial charge in [-0.25, -0.2) is 8.42 Å². The van der Waals surface area contributed by atoms with Gasteiger partial charge in [-0.3, -0.25) is 0 Å². The van der Waals surface area contributed by atoms with Crippen LogP contribution < -0.4 is 5.73 Å². The lowest BCUT2D eigenvalue weighted by molar-refractivity contribution is 0.335. The average molecular weight is 307 g/mol. The van der Waals surface area contributed by atoms with Crippen molar-refractivity contribution in [3.8, 4) is 0 Å². The van der Waals surface area contributed by atoms with Gasteiger partial charge in [0.15, 0.2) is 0 Å². The fourth-order valence-electron chi connectivity index (χ4n) is 2.36. The standard InChI is InChI=1S/C13H17N5O2S/c14-7-11-1-3-12(4-2-11)9-21(19,20)18-6-5-17-10-15-16-13(17)8-18/h1-4,10H,5-9,14H2. The topological polar surface area (TPSA) is 94.1 Å². The first-order valence-corrected chi connectivity index (χ1v) is 8.32. The lowest BCUT2D eigenvalue weighted by Crippen LogP contribution is -2.38. The van der Waals surface area contributed by atoms with Gasteiger partial charge in [0, 0.05) is 19.6 Å². The Labute approximate surface area is 123 Å². The maximum Gasteiger partial charge on any atom is 0.218 e. The fourth-order valence-corrected chi connectivity index (χ4v) is 3.82. The zero-order chi connectivity index (χ0) is 14.9. The molecule has 2 N–H and O–H groups in total. The van der Waals surface area contributed by atoms with Crippen LogP contribution >= 0.6 is 0 Å². The minimum absolute atomic E-state index is 0.00795. The van der Waals surface area contributed by atoms with Crippen LogP contribution in [0.25, 0.3) is 0 Å². The average Bonchev–Trinajstić information content (AvgIpc) is 2.95. The number of fused-ring (bicyclic) bond motifs is 1. The zero-order valence-corrected chi connectivity index (χ0v) is 12.3. The molecule has 3 rings (SSSR count). The molecule has 2 aromatic rings. The molecule has 1 aliphatic heterocycles. The molecule has 0 saturated heterocycles. The normalized spacial score (nSPS) is 15.9. The lowest BCUT2D eigenvalue weighted by atomic mass is 10.1. The first-order chi connectivity index (χ1) is 10.1. The van der Waals surface area contributed by atoms with Crippen molar-refractivity contribution in [2.75, 3.05) is 6.54 Å². The molecule has 1 aliphatic rings. The molecule has 0 spiro atoms. The van der Waals surface area contributed by atoms with Crippen molar-refractivity contribution in [1.82, 2.24) is 19.1 Å². The minimum Gasteiger partial charge on any atom is -0.326 e. The molecule has 0 atom stereocenters. The van der Waals surface area contributed by atoms with E-state index in [9.17, 15) is 8.42 Å². The molecule has 1 aromatic carbocycles. The molecule has 0 fully saturated rings. The van der Waals surface area contributed by atoms with Crippen molar-refractivity contribution >= 4 is 10.0 Å². The Morgan fingerprint density at radius 2 is 1.86 bits per heavy atom. The molecule has 0 saturated carbocycles. The number of aromatic nitrogens is 3. The van der Waals surface area contributed by atoms with E-state index >= 15 is 0 Å². The molecule has 7 nitrogen and oxygen atoms in total. The number of rotatable bonds is 4. The predicted molar refractivity (Wildman–Crippen MR) is 77.4 cm³/mol. The largest absolute Gasteiger partial charge is 0.326 e. The zero-order valence-electron chi connectivity index (χ0n) is 11.5. The highest BCUT2D eigenvalue weighted by atomic mass is 32.2. The van der Waals surface area contributed by atoms with Gasteiger partial charge in [-0.05, 0) is 11.1 Å². The summed E-state index contributed by atoms with van der Waals surface area (Å²) < 4.78 is 28.3. The Morgan fingerprint density at radius 3 is 2.57 bits per heavy atom. The molecule has 0 radical (unpaired) electrons. The maximum absolute atomic E-state index is 12.5. The van der Waals surface area contributed by atoms with Gasteiger partial charge in [-0.15, -0.1) is 10.2 Å². The molecule has 0 bridgehead atoms. The Morgan fingerprint density at radius 1 is 1.14 bits per heavy atom. The monoisotopic (exact) mass is 307 g/mol. The fraction of sp³-hybridized carbons (Fsp3) is 0.385. The second-order valence-electron chi connectivity index (χ2n) is 5.05. The van der Waals surface area contributed by atoms with E-state index in [1.807, 2.05) is 28.8 Å². The van der Waals surface area contributed by atoms with E-state index in [4.69, 9.17) is 5.73 Å². The van der Waals surface area contributed by atoms with Gasteiger partial charge >= 0.3 is 0 Å². The molecule has 8 heteroatoms. The van der Waals surface area contributed by atoms with Crippen molar-refractivity contribution < 1.29 is 8.42 Å². The van der Waals surface area contributed by atoms with E-state index in [2.05, 4.69) is 10.2 Å². The smallest absolute Gasteiger partial charge is 0.218 e. The number of nitrogens with two attached hydrogens (primary N) is 1. The van der Waals surface area contributed by atoms with E-state index in [1.54, 1.807) is 6.33 Å². The number of benzene rings is 1. The molecule has 1 aromatic heterocycles. The summed E-state index contributed by atoms with van der Waals surface area (Å²) in [5, 5.41) is 7.75.